The standard InChI is InChI=1S/C23H32N4O3S/c1-3-24-23(26-16-20-8-5-4-7-18(20)2)25-15-19-10-12-22(13-11-19)31(28,29)27-17-21-9-6-14-30-21/h4-5,7-8,10-13,21,27H,3,6,9,14-17H2,1-2H3,(H2,24,25,26). The van der Waals surface area contributed by atoms with Gasteiger partial charge in [-0.2, -0.15) is 0 Å². The Morgan fingerprint density at radius 3 is 2.58 bits per heavy atom. The Labute approximate surface area is 185 Å². The van der Waals surface area contributed by atoms with Crippen LogP contribution in [0, 0.1) is 6.92 Å². The minimum absolute atomic E-state index is 0.0277. The van der Waals surface area contributed by atoms with Crippen LogP contribution in [0.4, 0.5) is 0 Å². The van der Waals surface area contributed by atoms with Crippen molar-refractivity contribution in [1.29, 1.82) is 0 Å². The van der Waals surface area contributed by atoms with E-state index in [0.717, 1.165) is 30.9 Å². The van der Waals surface area contributed by atoms with Gasteiger partial charge in [-0.25, -0.2) is 18.1 Å². The van der Waals surface area contributed by atoms with Crippen LogP contribution in [0.2, 0.25) is 0 Å². The second-order valence-corrected chi connectivity index (χ2v) is 9.37. The second-order valence-electron chi connectivity index (χ2n) is 7.61. The Hall–Kier alpha value is -2.42. The number of hydrogen-bond donors (Lipinski definition) is 3. The molecule has 0 amide bonds. The quantitative estimate of drug-likeness (QED) is 0.409. The monoisotopic (exact) mass is 444 g/mol. The van der Waals surface area contributed by atoms with Crippen LogP contribution in [0.25, 0.3) is 0 Å². The summed E-state index contributed by atoms with van der Waals surface area (Å²) in [6.07, 6.45) is 1.85. The number of ether oxygens (including phenoxy) is 1. The van der Waals surface area contributed by atoms with Crippen molar-refractivity contribution in [3.05, 3.63) is 65.2 Å². The molecule has 2 aromatic carbocycles. The van der Waals surface area contributed by atoms with Crippen molar-refractivity contribution in [1.82, 2.24) is 15.4 Å². The molecule has 2 aromatic rings. The number of sulfonamides is 1. The van der Waals surface area contributed by atoms with E-state index in [4.69, 9.17) is 4.74 Å². The molecule has 1 atom stereocenters. The van der Waals surface area contributed by atoms with Crippen LogP contribution in [-0.2, 0) is 27.8 Å². The Morgan fingerprint density at radius 1 is 1.13 bits per heavy atom. The third-order valence-electron chi connectivity index (χ3n) is 5.23. The van der Waals surface area contributed by atoms with Crippen LogP contribution in [-0.4, -0.2) is 40.2 Å². The molecule has 1 fully saturated rings. The van der Waals surface area contributed by atoms with Gasteiger partial charge in [0, 0.05) is 26.2 Å². The summed E-state index contributed by atoms with van der Waals surface area (Å²) in [7, 11) is -3.54. The molecule has 3 N–H and O–H groups in total. The highest BCUT2D eigenvalue weighted by Gasteiger charge is 2.20. The molecule has 1 unspecified atom stereocenters. The number of aliphatic imine (C=N–C) groups is 1. The fourth-order valence-corrected chi connectivity index (χ4v) is 4.43. The number of rotatable bonds is 9. The molecule has 1 aliphatic heterocycles. The predicted octanol–water partition coefficient (Wildman–Crippen LogP) is 2.71. The zero-order chi connectivity index (χ0) is 22.1. The number of nitrogens with one attached hydrogen (secondary N) is 3. The third kappa shape index (κ3) is 7.05. The first-order chi connectivity index (χ1) is 15.0. The van der Waals surface area contributed by atoms with Gasteiger partial charge in [0.15, 0.2) is 5.96 Å². The minimum atomic E-state index is -3.54. The zero-order valence-corrected chi connectivity index (χ0v) is 19.0. The van der Waals surface area contributed by atoms with E-state index in [0.29, 0.717) is 26.2 Å². The van der Waals surface area contributed by atoms with E-state index in [1.165, 1.54) is 11.1 Å². The minimum Gasteiger partial charge on any atom is -0.377 e. The maximum Gasteiger partial charge on any atom is 0.240 e. The lowest BCUT2D eigenvalue weighted by Crippen LogP contribution is -2.36. The molecule has 168 valence electrons. The molecular formula is C23H32N4O3S. The molecule has 0 radical (unpaired) electrons. The molecule has 1 heterocycles. The molecule has 3 rings (SSSR count). The molecule has 1 saturated heterocycles. The van der Waals surface area contributed by atoms with E-state index in [1.807, 2.05) is 19.1 Å². The molecular weight excluding hydrogens is 412 g/mol. The summed E-state index contributed by atoms with van der Waals surface area (Å²) in [5, 5.41) is 6.59. The van der Waals surface area contributed by atoms with Crippen LogP contribution in [0.3, 0.4) is 0 Å². The molecule has 31 heavy (non-hydrogen) atoms. The summed E-state index contributed by atoms with van der Waals surface area (Å²) in [5.41, 5.74) is 3.39. The summed E-state index contributed by atoms with van der Waals surface area (Å²) in [4.78, 5) is 4.87. The highest BCUT2D eigenvalue weighted by atomic mass is 32.2. The number of aryl methyl sites for hydroxylation is 1. The van der Waals surface area contributed by atoms with Crippen molar-refractivity contribution in [2.75, 3.05) is 19.7 Å². The number of guanidine groups is 1. The summed E-state index contributed by atoms with van der Waals surface area (Å²) in [6, 6.07) is 15.1. The Balaban J connectivity index is 1.57. The van der Waals surface area contributed by atoms with Crippen LogP contribution >= 0.6 is 0 Å². The first-order valence-corrected chi connectivity index (χ1v) is 12.2. The van der Waals surface area contributed by atoms with Gasteiger partial charge in [0.25, 0.3) is 0 Å². The van der Waals surface area contributed by atoms with Crippen molar-refractivity contribution in [2.24, 2.45) is 4.99 Å². The SMILES string of the molecule is CCNC(=NCc1ccc(S(=O)(=O)NCC2CCCO2)cc1)NCc1ccccc1C. The van der Waals surface area contributed by atoms with Gasteiger partial charge in [0.05, 0.1) is 17.5 Å². The van der Waals surface area contributed by atoms with Crippen LogP contribution in [0.1, 0.15) is 36.5 Å². The maximum atomic E-state index is 12.5. The molecule has 0 bridgehead atoms. The molecule has 0 aliphatic carbocycles. The first-order valence-electron chi connectivity index (χ1n) is 10.7. The predicted molar refractivity (Wildman–Crippen MR) is 123 cm³/mol. The Kier molecular flexibility index (Phi) is 8.45. The molecule has 0 aromatic heterocycles. The van der Waals surface area contributed by atoms with E-state index < -0.39 is 10.0 Å². The van der Waals surface area contributed by atoms with Gasteiger partial charge >= 0.3 is 0 Å². The van der Waals surface area contributed by atoms with Crippen molar-refractivity contribution in [2.45, 2.75) is 50.8 Å². The fourth-order valence-electron chi connectivity index (χ4n) is 3.36. The van der Waals surface area contributed by atoms with Gasteiger partial charge in [0.2, 0.25) is 10.0 Å². The topological polar surface area (TPSA) is 91.8 Å². The average Bonchev–Trinajstić information content (AvgIpc) is 3.29. The Morgan fingerprint density at radius 2 is 1.90 bits per heavy atom. The highest BCUT2D eigenvalue weighted by molar-refractivity contribution is 7.89. The van der Waals surface area contributed by atoms with Crippen molar-refractivity contribution in [3.8, 4) is 0 Å². The zero-order valence-electron chi connectivity index (χ0n) is 18.2. The van der Waals surface area contributed by atoms with Gasteiger partial charge < -0.3 is 15.4 Å². The summed E-state index contributed by atoms with van der Waals surface area (Å²) in [5.74, 6) is 0.723. The number of nitrogens with zero attached hydrogens (tertiary/aromatic N) is 1. The largest absolute Gasteiger partial charge is 0.377 e. The molecule has 8 heteroatoms. The van der Waals surface area contributed by atoms with Crippen LogP contribution < -0.4 is 15.4 Å². The lowest BCUT2D eigenvalue weighted by molar-refractivity contribution is 0.114. The third-order valence-corrected chi connectivity index (χ3v) is 6.67. The van der Waals surface area contributed by atoms with Gasteiger partial charge in [-0.15, -0.1) is 0 Å². The molecule has 0 saturated carbocycles. The first kappa shape index (κ1) is 23.2. The average molecular weight is 445 g/mol. The van der Waals surface area contributed by atoms with Crippen molar-refractivity contribution in [3.63, 3.8) is 0 Å². The van der Waals surface area contributed by atoms with Gasteiger partial charge in [-0.1, -0.05) is 36.4 Å². The van der Waals surface area contributed by atoms with E-state index in [2.05, 4.69) is 39.4 Å². The molecule has 1 aliphatic rings. The maximum absolute atomic E-state index is 12.5. The second kappa shape index (κ2) is 11.3. The van der Waals surface area contributed by atoms with Gasteiger partial charge in [-0.3, -0.25) is 0 Å². The van der Waals surface area contributed by atoms with E-state index in [-0.39, 0.29) is 11.0 Å². The summed E-state index contributed by atoms with van der Waals surface area (Å²) in [6.45, 7) is 7.02. The lowest BCUT2D eigenvalue weighted by Gasteiger charge is -2.13. The highest BCUT2D eigenvalue weighted by Crippen LogP contribution is 2.14. The molecule has 7 nitrogen and oxygen atoms in total. The number of hydrogen-bond acceptors (Lipinski definition) is 4. The summed E-state index contributed by atoms with van der Waals surface area (Å²) >= 11 is 0. The van der Waals surface area contributed by atoms with Gasteiger partial charge in [-0.05, 0) is 55.5 Å². The van der Waals surface area contributed by atoms with E-state index >= 15 is 0 Å². The summed E-state index contributed by atoms with van der Waals surface area (Å²) < 4.78 is 33.1. The van der Waals surface area contributed by atoms with Crippen LogP contribution in [0.5, 0.6) is 0 Å². The number of benzene rings is 2. The molecule has 0 spiro atoms. The Bertz CT molecular complexity index is 969. The van der Waals surface area contributed by atoms with Crippen LogP contribution in [0.15, 0.2) is 58.4 Å². The normalized spacial score (nSPS) is 17.0. The van der Waals surface area contributed by atoms with Crippen molar-refractivity contribution < 1.29 is 13.2 Å². The van der Waals surface area contributed by atoms with E-state index in [1.54, 1.807) is 24.3 Å². The van der Waals surface area contributed by atoms with E-state index in [9.17, 15) is 8.42 Å². The van der Waals surface area contributed by atoms with Gasteiger partial charge in [0.1, 0.15) is 0 Å². The lowest BCUT2D eigenvalue weighted by atomic mass is 10.1. The fraction of sp³-hybridized carbons (Fsp3) is 0.435. The smallest absolute Gasteiger partial charge is 0.240 e. The van der Waals surface area contributed by atoms with Crippen molar-refractivity contribution >= 4 is 16.0 Å².